The Morgan fingerprint density at radius 2 is 1.05 bits per heavy atom. The number of aromatic nitrogens is 1. The Kier molecular flexibility index (Phi) is 5.18. The second-order valence-corrected chi connectivity index (χ2v) is 11.8. The smallest absolute Gasteiger partial charge is 0.192 e. The average Bonchev–Trinajstić information content (AvgIpc) is 3.38. The molecule has 2 heterocycles. The molecule has 208 valence electrons. The van der Waals surface area contributed by atoms with E-state index in [1.165, 1.54) is 33.4 Å². The van der Waals surface area contributed by atoms with Gasteiger partial charge in [0.1, 0.15) is 0 Å². The fourth-order valence-corrected chi connectivity index (χ4v) is 7.73. The lowest BCUT2D eigenvalue weighted by Crippen LogP contribution is -2.36. The second kappa shape index (κ2) is 9.16. The lowest BCUT2D eigenvalue weighted by atomic mass is 9.64. The molecule has 9 rings (SSSR count). The molecule has 0 saturated carbocycles. The fraction of sp³-hybridized carbons (Fsp3) is 0.0488. The zero-order valence-electron chi connectivity index (χ0n) is 24.2. The number of fused-ring (bicyclic) bond motifs is 10. The number of pyridine rings is 1. The summed E-state index contributed by atoms with van der Waals surface area (Å²) in [6.45, 7) is 1.90. The summed E-state index contributed by atoms with van der Waals surface area (Å²) in [6, 6.07) is 51.8. The van der Waals surface area contributed by atoms with Crippen LogP contribution < -0.4 is 10.3 Å². The summed E-state index contributed by atoms with van der Waals surface area (Å²) in [4.78, 5) is 16.0. The van der Waals surface area contributed by atoms with Crippen LogP contribution in [0.25, 0.3) is 27.7 Å². The topological polar surface area (TPSA) is 25.2 Å². The quantitative estimate of drug-likeness (QED) is 0.209. The lowest BCUT2D eigenvalue weighted by molar-refractivity contribution is 0.752. The van der Waals surface area contributed by atoms with E-state index in [-0.39, 0.29) is 5.43 Å². The van der Waals surface area contributed by atoms with Crippen LogP contribution in [0.5, 0.6) is 0 Å². The van der Waals surface area contributed by atoms with Gasteiger partial charge in [-0.15, -0.1) is 0 Å². The molecule has 1 aromatic heterocycles. The van der Waals surface area contributed by atoms with E-state index >= 15 is 0 Å². The maximum absolute atomic E-state index is 13.7. The molecule has 2 aliphatic rings. The predicted molar refractivity (Wildman–Crippen MR) is 180 cm³/mol. The Morgan fingerprint density at radius 1 is 0.523 bits per heavy atom. The third-order valence-corrected chi connectivity index (χ3v) is 9.51. The molecule has 1 aliphatic carbocycles. The highest BCUT2D eigenvalue weighted by Gasteiger charge is 2.51. The average molecular weight is 565 g/mol. The Labute approximate surface area is 255 Å². The monoisotopic (exact) mass is 564 g/mol. The number of anilines is 3. The van der Waals surface area contributed by atoms with E-state index in [4.69, 9.17) is 0 Å². The van der Waals surface area contributed by atoms with E-state index in [0.717, 1.165) is 33.8 Å². The molecule has 0 amide bonds. The normalized spacial score (nSPS) is 13.8. The lowest BCUT2D eigenvalue weighted by Gasteiger charge is -2.45. The standard InChI is InChI=1S/C41H28N2O/c1-27-26-42(28-13-3-2-4-14-28)37-24-23-29(25-32(37)40(27)44)43-38-21-11-9-19-35(38)41(36-20-10-12-22-39(36)43)33-17-7-5-15-30(33)31-16-6-8-18-34(31)41/h2-26H,1H3. The van der Waals surface area contributed by atoms with Gasteiger partial charge in [-0.1, -0.05) is 103 Å². The fourth-order valence-electron chi connectivity index (χ4n) is 7.73. The van der Waals surface area contributed by atoms with Crippen LogP contribution in [0.4, 0.5) is 17.1 Å². The number of hydrogen-bond donors (Lipinski definition) is 0. The number of nitrogens with zero attached hydrogens (tertiary/aromatic N) is 2. The third kappa shape index (κ3) is 3.18. The number of aryl methyl sites for hydroxylation is 1. The van der Waals surface area contributed by atoms with Crippen molar-refractivity contribution in [3.05, 3.63) is 190 Å². The largest absolute Gasteiger partial charge is 0.316 e. The minimum Gasteiger partial charge on any atom is -0.316 e. The van der Waals surface area contributed by atoms with Crippen molar-refractivity contribution >= 4 is 28.0 Å². The maximum Gasteiger partial charge on any atom is 0.192 e. The summed E-state index contributed by atoms with van der Waals surface area (Å²) in [5.74, 6) is 0. The first-order valence-electron chi connectivity index (χ1n) is 15.1. The molecule has 0 atom stereocenters. The highest BCUT2D eigenvalue weighted by molar-refractivity contribution is 5.97. The number of benzene rings is 6. The van der Waals surface area contributed by atoms with Crippen LogP contribution in [0.1, 0.15) is 27.8 Å². The number of para-hydroxylation sites is 3. The Bertz CT molecular complexity index is 2240. The van der Waals surface area contributed by atoms with Crippen LogP contribution in [0, 0.1) is 6.92 Å². The summed E-state index contributed by atoms with van der Waals surface area (Å²) < 4.78 is 2.12. The molecular weight excluding hydrogens is 536 g/mol. The summed E-state index contributed by atoms with van der Waals surface area (Å²) >= 11 is 0. The van der Waals surface area contributed by atoms with E-state index in [1.54, 1.807) is 0 Å². The van der Waals surface area contributed by atoms with Crippen LogP contribution in [-0.4, -0.2) is 4.57 Å². The molecular formula is C41H28N2O. The van der Waals surface area contributed by atoms with E-state index < -0.39 is 5.41 Å². The molecule has 0 radical (unpaired) electrons. The minimum atomic E-state index is -0.454. The summed E-state index contributed by atoms with van der Waals surface area (Å²) in [5.41, 5.74) is 13.1. The Hall–Kier alpha value is -5.67. The number of hydrogen-bond acceptors (Lipinski definition) is 2. The Morgan fingerprint density at radius 3 is 1.66 bits per heavy atom. The van der Waals surface area contributed by atoms with Gasteiger partial charge in [0.05, 0.1) is 22.3 Å². The molecule has 0 N–H and O–H groups in total. The second-order valence-electron chi connectivity index (χ2n) is 11.8. The van der Waals surface area contributed by atoms with Gasteiger partial charge in [0.2, 0.25) is 0 Å². The van der Waals surface area contributed by atoms with Crippen molar-refractivity contribution in [3.8, 4) is 16.8 Å². The molecule has 3 nitrogen and oxygen atoms in total. The van der Waals surface area contributed by atoms with Crippen molar-refractivity contribution in [2.75, 3.05) is 4.90 Å². The first kappa shape index (κ1) is 24.9. The van der Waals surface area contributed by atoms with Crippen molar-refractivity contribution < 1.29 is 0 Å². The molecule has 44 heavy (non-hydrogen) atoms. The first-order chi connectivity index (χ1) is 21.7. The van der Waals surface area contributed by atoms with Crippen molar-refractivity contribution in [1.29, 1.82) is 0 Å². The summed E-state index contributed by atoms with van der Waals surface area (Å²) in [7, 11) is 0. The van der Waals surface area contributed by atoms with Crippen molar-refractivity contribution in [2.24, 2.45) is 0 Å². The van der Waals surface area contributed by atoms with Crippen molar-refractivity contribution in [2.45, 2.75) is 12.3 Å². The Balaban J connectivity index is 1.34. The zero-order valence-corrected chi connectivity index (χ0v) is 24.2. The highest BCUT2D eigenvalue weighted by Crippen LogP contribution is 2.63. The van der Waals surface area contributed by atoms with Gasteiger partial charge in [-0.05, 0) is 82.8 Å². The van der Waals surface area contributed by atoms with E-state index in [9.17, 15) is 4.79 Å². The summed E-state index contributed by atoms with van der Waals surface area (Å²) in [5, 5.41) is 0.707. The predicted octanol–water partition coefficient (Wildman–Crippen LogP) is 9.45. The van der Waals surface area contributed by atoms with E-state index in [0.29, 0.717) is 5.39 Å². The van der Waals surface area contributed by atoms with E-state index in [2.05, 4.69) is 137 Å². The zero-order chi connectivity index (χ0) is 29.4. The third-order valence-electron chi connectivity index (χ3n) is 9.51. The molecule has 3 heteroatoms. The minimum absolute atomic E-state index is 0.0581. The van der Waals surface area contributed by atoms with Crippen LogP contribution in [-0.2, 0) is 5.41 Å². The summed E-state index contributed by atoms with van der Waals surface area (Å²) in [6.07, 6.45) is 1.95. The molecule has 1 spiro atoms. The van der Waals surface area contributed by atoms with Gasteiger partial charge >= 0.3 is 0 Å². The van der Waals surface area contributed by atoms with Crippen LogP contribution in [0.3, 0.4) is 0 Å². The molecule has 7 aromatic rings. The molecule has 0 unspecified atom stereocenters. The van der Waals surface area contributed by atoms with Gasteiger partial charge in [-0.2, -0.15) is 0 Å². The van der Waals surface area contributed by atoms with Crippen LogP contribution in [0.15, 0.2) is 157 Å². The van der Waals surface area contributed by atoms with Crippen LogP contribution in [0.2, 0.25) is 0 Å². The number of rotatable bonds is 2. The maximum atomic E-state index is 13.7. The molecule has 0 saturated heterocycles. The SMILES string of the molecule is Cc1cn(-c2ccccc2)c2ccc(N3c4ccccc4C4(c5ccccc5-c5ccccc54)c4ccccc43)cc2c1=O. The molecule has 1 aliphatic heterocycles. The van der Waals surface area contributed by atoms with Crippen LogP contribution >= 0.6 is 0 Å². The van der Waals surface area contributed by atoms with Crippen molar-refractivity contribution in [3.63, 3.8) is 0 Å². The molecule has 0 fully saturated rings. The van der Waals surface area contributed by atoms with Gasteiger partial charge in [-0.3, -0.25) is 4.79 Å². The van der Waals surface area contributed by atoms with Gasteiger partial charge in [-0.25, -0.2) is 0 Å². The highest BCUT2D eigenvalue weighted by atomic mass is 16.1. The van der Waals surface area contributed by atoms with Gasteiger partial charge in [0.25, 0.3) is 0 Å². The molecule has 0 bridgehead atoms. The van der Waals surface area contributed by atoms with Gasteiger partial charge in [0.15, 0.2) is 5.43 Å². The van der Waals surface area contributed by atoms with E-state index in [1.807, 2.05) is 31.3 Å². The first-order valence-corrected chi connectivity index (χ1v) is 15.1. The van der Waals surface area contributed by atoms with Crippen molar-refractivity contribution in [1.82, 2.24) is 4.57 Å². The molecule has 6 aromatic carbocycles. The van der Waals surface area contributed by atoms with Gasteiger partial charge in [0, 0.05) is 28.5 Å². The van der Waals surface area contributed by atoms with Gasteiger partial charge < -0.3 is 9.47 Å².